The Labute approximate surface area is 106 Å². The van der Waals surface area contributed by atoms with E-state index in [-0.39, 0.29) is 6.10 Å². The van der Waals surface area contributed by atoms with Crippen LogP contribution in [0.15, 0.2) is 29.2 Å². The summed E-state index contributed by atoms with van der Waals surface area (Å²) in [5.41, 5.74) is 0. The van der Waals surface area contributed by atoms with Crippen LogP contribution in [0.5, 0.6) is 0 Å². The van der Waals surface area contributed by atoms with Gasteiger partial charge in [-0.1, -0.05) is 17.7 Å². The molecular formula is C12H17ClO2S. The summed E-state index contributed by atoms with van der Waals surface area (Å²) >= 11 is 7.48. The van der Waals surface area contributed by atoms with Gasteiger partial charge in [0.15, 0.2) is 0 Å². The number of hydrogen-bond donors (Lipinski definition) is 1. The van der Waals surface area contributed by atoms with Crippen LogP contribution in [0.2, 0.25) is 5.02 Å². The van der Waals surface area contributed by atoms with E-state index in [9.17, 15) is 5.11 Å². The molecule has 0 fully saturated rings. The van der Waals surface area contributed by atoms with Crippen molar-refractivity contribution in [1.29, 1.82) is 0 Å². The first-order valence-electron chi connectivity index (χ1n) is 5.36. The molecule has 2 nitrogen and oxygen atoms in total. The van der Waals surface area contributed by atoms with Gasteiger partial charge in [-0.25, -0.2) is 0 Å². The summed E-state index contributed by atoms with van der Waals surface area (Å²) in [7, 11) is 0. The molecule has 0 amide bonds. The third-order valence-electron chi connectivity index (χ3n) is 2.04. The lowest BCUT2D eigenvalue weighted by atomic mass is 10.3. The average Bonchev–Trinajstić information content (AvgIpc) is 2.27. The molecule has 0 aliphatic heterocycles. The van der Waals surface area contributed by atoms with Crippen molar-refractivity contribution in [2.24, 2.45) is 0 Å². The van der Waals surface area contributed by atoms with E-state index in [4.69, 9.17) is 16.3 Å². The highest BCUT2D eigenvalue weighted by atomic mass is 35.5. The second kappa shape index (κ2) is 7.96. The fourth-order valence-electron chi connectivity index (χ4n) is 1.20. The molecule has 1 atom stereocenters. The van der Waals surface area contributed by atoms with Gasteiger partial charge in [0.25, 0.3) is 0 Å². The second-order valence-corrected chi connectivity index (χ2v) is 4.94. The third-order valence-corrected chi connectivity index (χ3v) is 3.41. The standard InChI is InChI=1S/C12H17ClO2S/c1-2-15-7-6-11(14)9-16-12-5-3-4-10(13)8-12/h3-5,8,11,14H,2,6-7,9H2,1H3. The third kappa shape index (κ3) is 5.75. The molecule has 0 spiro atoms. The zero-order valence-electron chi connectivity index (χ0n) is 9.36. The Bertz CT molecular complexity index is 307. The van der Waals surface area contributed by atoms with Crippen molar-refractivity contribution >= 4 is 23.4 Å². The van der Waals surface area contributed by atoms with Gasteiger partial charge in [-0.05, 0) is 31.5 Å². The summed E-state index contributed by atoms with van der Waals surface area (Å²) in [4.78, 5) is 1.09. The van der Waals surface area contributed by atoms with E-state index in [0.29, 0.717) is 25.4 Å². The first-order valence-corrected chi connectivity index (χ1v) is 6.73. The Morgan fingerprint density at radius 3 is 3.00 bits per heavy atom. The van der Waals surface area contributed by atoms with E-state index in [1.165, 1.54) is 0 Å². The van der Waals surface area contributed by atoms with Gasteiger partial charge in [-0.15, -0.1) is 11.8 Å². The minimum atomic E-state index is -0.324. The van der Waals surface area contributed by atoms with Gasteiger partial charge in [0.05, 0.1) is 6.10 Å². The molecule has 0 saturated carbocycles. The number of thioether (sulfide) groups is 1. The molecule has 0 aromatic heterocycles. The predicted octanol–water partition coefficient (Wildman–Crippen LogP) is 3.22. The van der Waals surface area contributed by atoms with E-state index in [1.54, 1.807) is 11.8 Å². The van der Waals surface area contributed by atoms with Crippen molar-refractivity contribution in [2.75, 3.05) is 19.0 Å². The summed E-state index contributed by atoms with van der Waals surface area (Å²) in [6, 6.07) is 7.65. The van der Waals surface area contributed by atoms with Crippen LogP contribution in [-0.2, 0) is 4.74 Å². The summed E-state index contributed by atoms with van der Waals surface area (Å²) in [5, 5.41) is 10.4. The lowest BCUT2D eigenvalue weighted by Crippen LogP contribution is -2.13. The fraction of sp³-hybridized carbons (Fsp3) is 0.500. The van der Waals surface area contributed by atoms with Crippen LogP contribution in [0.1, 0.15) is 13.3 Å². The maximum absolute atomic E-state index is 9.67. The SMILES string of the molecule is CCOCCC(O)CSc1cccc(Cl)c1. The molecule has 0 bridgehead atoms. The molecule has 0 heterocycles. The molecule has 1 rings (SSSR count). The average molecular weight is 261 g/mol. The number of halogens is 1. The van der Waals surface area contributed by atoms with Gasteiger partial charge < -0.3 is 9.84 Å². The zero-order chi connectivity index (χ0) is 11.8. The van der Waals surface area contributed by atoms with Crippen LogP contribution in [-0.4, -0.2) is 30.2 Å². The van der Waals surface area contributed by atoms with Crippen LogP contribution in [0.4, 0.5) is 0 Å². The molecule has 0 saturated heterocycles. The highest BCUT2D eigenvalue weighted by Crippen LogP contribution is 2.22. The Hall–Kier alpha value is -0.220. The Balaban J connectivity index is 2.23. The molecule has 16 heavy (non-hydrogen) atoms. The first kappa shape index (κ1) is 13.8. The largest absolute Gasteiger partial charge is 0.392 e. The Kier molecular flexibility index (Phi) is 6.88. The number of ether oxygens (including phenoxy) is 1. The normalized spacial score (nSPS) is 12.7. The van der Waals surface area contributed by atoms with E-state index >= 15 is 0 Å². The van der Waals surface area contributed by atoms with Crippen LogP contribution < -0.4 is 0 Å². The summed E-state index contributed by atoms with van der Waals surface area (Å²) in [6.45, 7) is 3.27. The predicted molar refractivity (Wildman–Crippen MR) is 69.3 cm³/mol. The maximum atomic E-state index is 9.67. The van der Waals surface area contributed by atoms with Crippen molar-refractivity contribution < 1.29 is 9.84 Å². The highest BCUT2D eigenvalue weighted by molar-refractivity contribution is 7.99. The van der Waals surface area contributed by atoms with E-state index in [0.717, 1.165) is 9.92 Å². The quantitative estimate of drug-likeness (QED) is 0.603. The number of aliphatic hydroxyl groups excluding tert-OH is 1. The van der Waals surface area contributed by atoms with Crippen molar-refractivity contribution in [3.05, 3.63) is 29.3 Å². The zero-order valence-corrected chi connectivity index (χ0v) is 10.9. The molecule has 1 aromatic carbocycles. The maximum Gasteiger partial charge on any atom is 0.0656 e. The van der Waals surface area contributed by atoms with Crippen LogP contribution >= 0.6 is 23.4 Å². The topological polar surface area (TPSA) is 29.5 Å². The molecule has 1 N–H and O–H groups in total. The van der Waals surface area contributed by atoms with Crippen LogP contribution in [0, 0.1) is 0 Å². The molecule has 90 valence electrons. The number of aliphatic hydroxyl groups is 1. The van der Waals surface area contributed by atoms with Gasteiger partial charge in [-0.3, -0.25) is 0 Å². The lowest BCUT2D eigenvalue weighted by Gasteiger charge is -2.10. The van der Waals surface area contributed by atoms with E-state index in [2.05, 4.69) is 0 Å². The highest BCUT2D eigenvalue weighted by Gasteiger charge is 2.05. The second-order valence-electron chi connectivity index (χ2n) is 3.41. The summed E-state index contributed by atoms with van der Waals surface area (Å²) in [5.74, 6) is 0.674. The lowest BCUT2D eigenvalue weighted by molar-refractivity contribution is 0.0987. The van der Waals surface area contributed by atoms with Crippen molar-refractivity contribution in [3.8, 4) is 0 Å². The van der Waals surface area contributed by atoms with Crippen LogP contribution in [0.3, 0.4) is 0 Å². The van der Waals surface area contributed by atoms with Gasteiger partial charge in [0.1, 0.15) is 0 Å². The van der Waals surface area contributed by atoms with Gasteiger partial charge in [0.2, 0.25) is 0 Å². The number of rotatable bonds is 7. The van der Waals surface area contributed by atoms with Crippen LogP contribution in [0.25, 0.3) is 0 Å². The summed E-state index contributed by atoms with van der Waals surface area (Å²) < 4.78 is 5.18. The Morgan fingerprint density at radius 2 is 2.31 bits per heavy atom. The first-order chi connectivity index (χ1) is 7.72. The minimum Gasteiger partial charge on any atom is -0.392 e. The van der Waals surface area contributed by atoms with Crippen molar-refractivity contribution in [1.82, 2.24) is 0 Å². The molecule has 1 unspecified atom stereocenters. The molecule has 0 aliphatic rings. The minimum absolute atomic E-state index is 0.324. The number of hydrogen-bond acceptors (Lipinski definition) is 3. The molecule has 1 aromatic rings. The molecule has 0 aliphatic carbocycles. The molecule has 4 heteroatoms. The fourth-order valence-corrected chi connectivity index (χ4v) is 2.39. The Morgan fingerprint density at radius 1 is 1.50 bits per heavy atom. The van der Waals surface area contributed by atoms with Gasteiger partial charge in [0, 0.05) is 28.9 Å². The van der Waals surface area contributed by atoms with Crippen molar-refractivity contribution in [3.63, 3.8) is 0 Å². The van der Waals surface area contributed by atoms with Gasteiger partial charge >= 0.3 is 0 Å². The smallest absolute Gasteiger partial charge is 0.0656 e. The molecule has 0 radical (unpaired) electrons. The summed E-state index contributed by atoms with van der Waals surface area (Å²) in [6.07, 6.45) is 0.358. The molecular weight excluding hydrogens is 244 g/mol. The van der Waals surface area contributed by atoms with Crippen molar-refractivity contribution in [2.45, 2.75) is 24.3 Å². The van der Waals surface area contributed by atoms with E-state index < -0.39 is 0 Å². The van der Waals surface area contributed by atoms with Gasteiger partial charge in [-0.2, -0.15) is 0 Å². The monoisotopic (exact) mass is 260 g/mol. The van der Waals surface area contributed by atoms with E-state index in [1.807, 2.05) is 31.2 Å². The number of benzene rings is 1.